The van der Waals surface area contributed by atoms with Crippen molar-refractivity contribution < 1.29 is 9.90 Å². The van der Waals surface area contributed by atoms with Gasteiger partial charge in [0.2, 0.25) is 5.91 Å². The van der Waals surface area contributed by atoms with E-state index in [2.05, 4.69) is 10.4 Å². The molecule has 0 bridgehead atoms. The van der Waals surface area contributed by atoms with Gasteiger partial charge in [-0.25, -0.2) is 0 Å². The van der Waals surface area contributed by atoms with Crippen molar-refractivity contribution in [1.29, 1.82) is 0 Å². The summed E-state index contributed by atoms with van der Waals surface area (Å²) in [4.78, 5) is 11.8. The first-order valence-electron chi connectivity index (χ1n) is 5.94. The quantitative estimate of drug-likeness (QED) is 0.700. The Balaban J connectivity index is 2.58. The van der Waals surface area contributed by atoms with E-state index in [4.69, 9.17) is 10.8 Å². The monoisotopic (exact) mass is 254 g/mol. The second kappa shape index (κ2) is 5.39. The zero-order valence-electron chi connectivity index (χ0n) is 11.4. The third-order valence-corrected chi connectivity index (χ3v) is 2.92. The Bertz CT molecular complexity index is 438. The van der Waals surface area contributed by atoms with Gasteiger partial charge in [0.1, 0.15) is 6.54 Å². The number of aliphatic hydroxyl groups excluding tert-OH is 1. The van der Waals surface area contributed by atoms with Gasteiger partial charge in [-0.15, -0.1) is 0 Å². The van der Waals surface area contributed by atoms with Gasteiger partial charge in [0.25, 0.3) is 0 Å². The van der Waals surface area contributed by atoms with Gasteiger partial charge in [-0.05, 0) is 13.8 Å². The summed E-state index contributed by atoms with van der Waals surface area (Å²) in [5, 5.41) is 16.1. The van der Waals surface area contributed by atoms with Crippen LogP contribution in [-0.4, -0.2) is 33.9 Å². The van der Waals surface area contributed by atoms with E-state index in [1.807, 2.05) is 27.7 Å². The number of rotatable bonds is 5. The first-order valence-corrected chi connectivity index (χ1v) is 5.94. The van der Waals surface area contributed by atoms with Crippen LogP contribution in [0.4, 0.5) is 5.69 Å². The molecular weight excluding hydrogens is 232 g/mol. The molecule has 0 atom stereocenters. The summed E-state index contributed by atoms with van der Waals surface area (Å²) in [6, 6.07) is 0. The molecule has 0 saturated heterocycles. The lowest BCUT2D eigenvalue weighted by Crippen LogP contribution is -2.38. The maximum atomic E-state index is 11.8. The van der Waals surface area contributed by atoms with Crippen LogP contribution in [0.15, 0.2) is 0 Å². The number of anilines is 1. The molecule has 6 heteroatoms. The van der Waals surface area contributed by atoms with E-state index in [1.54, 1.807) is 4.68 Å². The van der Waals surface area contributed by atoms with Crippen LogP contribution in [0.5, 0.6) is 0 Å². The molecule has 0 spiro atoms. The highest BCUT2D eigenvalue weighted by atomic mass is 16.3. The summed E-state index contributed by atoms with van der Waals surface area (Å²) in [5.41, 5.74) is 7.63. The number of nitrogen functional groups attached to an aromatic ring is 1. The molecule has 1 heterocycles. The number of hydrogen-bond donors (Lipinski definition) is 3. The van der Waals surface area contributed by atoms with Crippen molar-refractivity contribution in [3.8, 4) is 0 Å². The molecule has 102 valence electrons. The van der Waals surface area contributed by atoms with Crippen LogP contribution in [0.2, 0.25) is 0 Å². The van der Waals surface area contributed by atoms with Crippen LogP contribution < -0.4 is 11.1 Å². The highest BCUT2D eigenvalue weighted by Crippen LogP contribution is 2.14. The van der Waals surface area contributed by atoms with E-state index in [0.717, 1.165) is 11.4 Å². The smallest absolute Gasteiger partial charge is 0.241 e. The highest BCUT2D eigenvalue weighted by Gasteiger charge is 2.18. The molecule has 0 saturated carbocycles. The fourth-order valence-corrected chi connectivity index (χ4v) is 1.45. The second-order valence-electron chi connectivity index (χ2n) is 5.34. The lowest BCUT2D eigenvalue weighted by atomic mass is 9.95. The van der Waals surface area contributed by atoms with E-state index >= 15 is 0 Å². The molecule has 1 aromatic heterocycles. The third kappa shape index (κ3) is 3.46. The number of amides is 1. The number of carbonyl (C=O) groups is 1. The number of aryl methyl sites for hydroxylation is 1. The lowest BCUT2D eigenvalue weighted by molar-refractivity contribution is -0.122. The standard InChI is InChI=1S/C12H22N4O2/c1-8-11(13)9(2)16(15-8)5-10(18)14-6-12(3,4)7-17/h17H,5-7,13H2,1-4H3,(H,14,18). The molecule has 4 N–H and O–H groups in total. The summed E-state index contributed by atoms with van der Waals surface area (Å²) in [6.07, 6.45) is 0. The molecular formula is C12H22N4O2. The van der Waals surface area contributed by atoms with Gasteiger partial charge in [-0.2, -0.15) is 5.10 Å². The van der Waals surface area contributed by atoms with Crippen molar-refractivity contribution in [1.82, 2.24) is 15.1 Å². The summed E-state index contributed by atoms with van der Waals surface area (Å²) < 4.78 is 1.59. The van der Waals surface area contributed by atoms with Crippen molar-refractivity contribution >= 4 is 11.6 Å². The Kier molecular flexibility index (Phi) is 4.34. The Morgan fingerprint density at radius 3 is 2.56 bits per heavy atom. The van der Waals surface area contributed by atoms with Crippen LogP contribution in [0.3, 0.4) is 0 Å². The molecule has 0 aliphatic carbocycles. The fourth-order valence-electron chi connectivity index (χ4n) is 1.45. The maximum absolute atomic E-state index is 11.8. The summed E-state index contributed by atoms with van der Waals surface area (Å²) in [6.45, 7) is 8.01. The zero-order valence-corrected chi connectivity index (χ0v) is 11.4. The first kappa shape index (κ1) is 14.5. The lowest BCUT2D eigenvalue weighted by Gasteiger charge is -2.21. The molecule has 1 rings (SSSR count). The topological polar surface area (TPSA) is 93.2 Å². The number of hydrogen-bond acceptors (Lipinski definition) is 4. The van der Waals surface area contributed by atoms with Gasteiger partial charge in [0.15, 0.2) is 0 Å². The fraction of sp³-hybridized carbons (Fsp3) is 0.667. The molecule has 0 aromatic carbocycles. The van der Waals surface area contributed by atoms with E-state index in [1.165, 1.54) is 0 Å². The number of aromatic nitrogens is 2. The van der Waals surface area contributed by atoms with Crippen molar-refractivity contribution in [2.75, 3.05) is 18.9 Å². The van der Waals surface area contributed by atoms with Gasteiger partial charge in [0, 0.05) is 18.6 Å². The van der Waals surface area contributed by atoms with Gasteiger partial charge in [-0.1, -0.05) is 13.8 Å². The minimum atomic E-state index is -0.316. The van der Waals surface area contributed by atoms with Crippen LogP contribution in [0, 0.1) is 19.3 Å². The van der Waals surface area contributed by atoms with Crippen molar-refractivity contribution in [3.05, 3.63) is 11.4 Å². The van der Waals surface area contributed by atoms with E-state index < -0.39 is 0 Å². The molecule has 0 aliphatic heterocycles. The van der Waals surface area contributed by atoms with Crippen LogP contribution in [0.1, 0.15) is 25.2 Å². The van der Waals surface area contributed by atoms with Gasteiger partial charge in [-0.3, -0.25) is 9.48 Å². The Hall–Kier alpha value is -1.56. The largest absolute Gasteiger partial charge is 0.396 e. The van der Waals surface area contributed by atoms with E-state index in [0.29, 0.717) is 12.2 Å². The number of carbonyl (C=O) groups excluding carboxylic acids is 1. The molecule has 0 fully saturated rings. The van der Waals surface area contributed by atoms with Crippen molar-refractivity contribution in [2.45, 2.75) is 34.2 Å². The second-order valence-corrected chi connectivity index (χ2v) is 5.34. The highest BCUT2D eigenvalue weighted by molar-refractivity contribution is 5.76. The summed E-state index contributed by atoms with van der Waals surface area (Å²) in [5.74, 6) is -0.137. The molecule has 0 radical (unpaired) electrons. The predicted molar refractivity (Wildman–Crippen MR) is 70.0 cm³/mol. The molecule has 0 aliphatic rings. The van der Waals surface area contributed by atoms with E-state index in [9.17, 15) is 4.79 Å². The normalized spacial score (nSPS) is 11.6. The molecule has 1 amide bonds. The Labute approximate surface area is 107 Å². The number of nitrogens with two attached hydrogens (primary N) is 1. The predicted octanol–water partition coefficient (Wildman–Crippen LogP) is 0.217. The van der Waals surface area contributed by atoms with Gasteiger partial charge in [0.05, 0.1) is 17.1 Å². The van der Waals surface area contributed by atoms with E-state index in [-0.39, 0.29) is 24.5 Å². The molecule has 6 nitrogen and oxygen atoms in total. The van der Waals surface area contributed by atoms with Crippen molar-refractivity contribution in [2.24, 2.45) is 5.41 Å². The average Bonchev–Trinajstić information content (AvgIpc) is 2.55. The third-order valence-electron chi connectivity index (χ3n) is 2.92. The summed E-state index contributed by atoms with van der Waals surface area (Å²) >= 11 is 0. The number of nitrogens with zero attached hydrogens (tertiary/aromatic N) is 2. The van der Waals surface area contributed by atoms with Crippen LogP contribution in [-0.2, 0) is 11.3 Å². The minimum absolute atomic E-state index is 0.0279. The van der Waals surface area contributed by atoms with Gasteiger partial charge < -0.3 is 16.2 Å². The van der Waals surface area contributed by atoms with Crippen LogP contribution >= 0.6 is 0 Å². The Morgan fingerprint density at radius 1 is 1.50 bits per heavy atom. The van der Waals surface area contributed by atoms with Gasteiger partial charge >= 0.3 is 0 Å². The Morgan fingerprint density at radius 2 is 2.11 bits per heavy atom. The SMILES string of the molecule is Cc1nn(CC(=O)NCC(C)(C)CO)c(C)c1N. The molecule has 1 aromatic rings. The summed E-state index contributed by atoms with van der Waals surface area (Å²) in [7, 11) is 0. The minimum Gasteiger partial charge on any atom is -0.396 e. The number of nitrogens with one attached hydrogen (secondary N) is 1. The molecule has 18 heavy (non-hydrogen) atoms. The maximum Gasteiger partial charge on any atom is 0.241 e. The number of aliphatic hydroxyl groups is 1. The molecule has 0 unspecified atom stereocenters. The zero-order chi connectivity index (χ0) is 13.9. The average molecular weight is 254 g/mol. The van der Waals surface area contributed by atoms with Crippen molar-refractivity contribution in [3.63, 3.8) is 0 Å². The first-order chi connectivity index (χ1) is 8.26. The van der Waals surface area contributed by atoms with Crippen LogP contribution in [0.25, 0.3) is 0 Å².